The van der Waals surface area contributed by atoms with Crippen LogP contribution in [0, 0.1) is 0 Å². The van der Waals surface area contributed by atoms with Gasteiger partial charge in [-0.3, -0.25) is 10.1 Å². The van der Waals surface area contributed by atoms with Crippen molar-refractivity contribution in [2.24, 2.45) is 0 Å². The van der Waals surface area contributed by atoms with E-state index in [0.717, 1.165) is 21.9 Å². The van der Waals surface area contributed by atoms with Crippen molar-refractivity contribution in [2.45, 2.75) is 6.67 Å². The molecular weight excluding hydrogens is 355 g/mol. The molecule has 0 radical (unpaired) electrons. The normalized spacial score (nSPS) is 11.2. The number of hydrogen-bond donors (Lipinski definition) is 2. The van der Waals surface area contributed by atoms with E-state index >= 15 is 0 Å². The molecule has 136 valence electrons. The van der Waals surface area contributed by atoms with Crippen molar-refractivity contribution < 1.29 is 4.39 Å². The SMILES string of the molecule is FCc1ccccc1-c1nc(Nc2n[nH]c3cccnc23)c2ccccc2n1. The molecule has 0 unspecified atom stereocenters. The lowest BCUT2D eigenvalue weighted by molar-refractivity contribution is 0.486. The smallest absolute Gasteiger partial charge is 0.180 e. The van der Waals surface area contributed by atoms with Crippen molar-refractivity contribution in [3.05, 3.63) is 72.4 Å². The maximum atomic E-state index is 13.5. The first-order valence-corrected chi connectivity index (χ1v) is 8.80. The molecule has 0 aliphatic heterocycles. The number of halogens is 1. The first-order chi connectivity index (χ1) is 13.8. The van der Waals surface area contributed by atoms with Gasteiger partial charge in [-0.1, -0.05) is 36.4 Å². The maximum Gasteiger partial charge on any atom is 0.180 e. The number of aromatic nitrogens is 5. The number of rotatable bonds is 4. The molecule has 0 aliphatic rings. The fraction of sp³-hybridized carbons (Fsp3) is 0.0476. The van der Waals surface area contributed by atoms with Crippen LogP contribution >= 0.6 is 0 Å². The van der Waals surface area contributed by atoms with E-state index in [2.05, 4.69) is 25.5 Å². The largest absolute Gasteiger partial charge is 0.321 e. The van der Waals surface area contributed by atoms with E-state index in [1.165, 1.54) is 0 Å². The number of anilines is 2. The summed E-state index contributed by atoms with van der Waals surface area (Å²) >= 11 is 0. The monoisotopic (exact) mass is 370 g/mol. The standard InChI is InChI=1S/C21H15FN6/c22-12-13-6-1-2-7-14(13)19-24-16-9-4-3-8-15(16)20(25-19)26-21-18-17(27-28-21)10-5-11-23-18/h1-11H,12H2,(H2,24,25,26,27,28). The summed E-state index contributed by atoms with van der Waals surface area (Å²) in [4.78, 5) is 13.7. The second-order valence-electron chi connectivity index (χ2n) is 6.30. The molecule has 3 aromatic heterocycles. The molecule has 0 aliphatic carbocycles. The summed E-state index contributed by atoms with van der Waals surface area (Å²) in [6, 6.07) is 18.7. The molecule has 2 N–H and O–H groups in total. The zero-order valence-corrected chi connectivity index (χ0v) is 14.7. The number of H-pyrrole nitrogens is 1. The third kappa shape index (κ3) is 2.73. The maximum absolute atomic E-state index is 13.5. The zero-order chi connectivity index (χ0) is 18.9. The Hall–Kier alpha value is -3.87. The number of nitrogens with one attached hydrogen (secondary N) is 2. The van der Waals surface area contributed by atoms with Crippen molar-refractivity contribution in [2.75, 3.05) is 5.32 Å². The Labute approximate surface area is 159 Å². The van der Waals surface area contributed by atoms with Crippen LogP contribution in [-0.4, -0.2) is 25.1 Å². The number of aromatic amines is 1. The van der Waals surface area contributed by atoms with Crippen molar-refractivity contribution in [1.82, 2.24) is 25.1 Å². The molecule has 0 amide bonds. The van der Waals surface area contributed by atoms with Gasteiger partial charge in [0.2, 0.25) is 0 Å². The lowest BCUT2D eigenvalue weighted by atomic mass is 10.1. The Morgan fingerprint density at radius 1 is 0.893 bits per heavy atom. The third-order valence-electron chi connectivity index (χ3n) is 4.56. The molecule has 0 atom stereocenters. The molecule has 5 aromatic rings. The fourth-order valence-corrected chi connectivity index (χ4v) is 3.20. The minimum absolute atomic E-state index is 0.460. The van der Waals surface area contributed by atoms with Gasteiger partial charge in [-0.05, 0) is 29.8 Å². The molecule has 28 heavy (non-hydrogen) atoms. The predicted molar refractivity (Wildman–Crippen MR) is 107 cm³/mol. The number of hydrogen-bond acceptors (Lipinski definition) is 5. The van der Waals surface area contributed by atoms with Crippen LogP contribution in [0.2, 0.25) is 0 Å². The summed E-state index contributed by atoms with van der Waals surface area (Å²) in [7, 11) is 0. The van der Waals surface area contributed by atoms with E-state index in [-0.39, 0.29) is 0 Å². The minimum Gasteiger partial charge on any atom is -0.321 e. The molecule has 3 heterocycles. The topological polar surface area (TPSA) is 79.4 Å². The second-order valence-corrected chi connectivity index (χ2v) is 6.30. The predicted octanol–water partition coefficient (Wildman–Crippen LogP) is 4.78. The molecule has 0 saturated heterocycles. The molecular formula is C21H15FN6. The van der Waals surface area contributed by atoms with Crippen LogP contribution in [0.4, 0.5) is 16.0 Å². The van der Waals surface area contributed by atoms with Crippen LogP contribution in [0.3, 0.4) is 0 Å². The summed E-state index contributed by atoms with van der Waals surface area (Å²) in [5.41, 5.74) is 3.53. The molecule has 0 bridgehead atoms. The first-order valence-electron chi connectivity index (χ1n) is 8.80. The summed E-state index contributed by atoms with van der Waals surface area (Å²) in [5.74, 6) is 1.62. The number of fused-ring (bicyclic) bond motifs is 2. The number of pyridine rings is 1. The quantitative estimate of drug-likeness (QED) is 0.476. The van der Waals surface area contributed by atoms with E-state index in [9.17, 15) is 4.39 Å². The highest BCUT2D eigenvalue weighted by Gasteiger charge is 2.14. The molecule has 0 saturated carbocycles. The van der Waals surface area contributed by atoms with Gasteiger partial charge in [-0.15, -0.1) is 0 Å². The lowest BCUT2D eigenvalue weighted by Crippen LogP contribution is -2.01. The van der Waals surface area contributed by atoms with Gasteiger partial charge in [-0.2, -0.15) is 5.10 Å². The summed E-state index contributed by atoms with van der Waals surface area (Å²) in [5, 5.41) is 11.4. The van der Waals surface area contributed by atoms with Crippen LogP contribution in [0.5, 0.6) is 0 Å². The molecule has 6 nitrogen and oxygen atoms in total. The number of para-hydroxylation sites is 1. The van der Waals surface area contributed by atoms with Crippen molar-refractivity contribution >= 4 is 33.6 Å². The summed E-state index contributed by atoms with van der Waals surface area (Å²) < 4.78 is 13.5. The molecule has 5 rings (SSSR count). The van der Waals surface area contributed by atoms with Gasteiger partial charge >= 0.3 is 0 Å². The second kappa shape index (κ2) is 6.70. The summed E-state index contributed by atoms with van der Waals surface area (Å²) in [6.07, 6.45) is 1.71. The number of alkyl halides is 1. The number of benzene rings is 2. The van der Waals surface area contributed by atoms with Gasteiger partial charge in [0.25, 0.3) is 0 Å². The third-order valence-corrected chi connectivity index (χ3v) is 4.56. The Kier molecular flexibility index (Phi) is 3.90. The Balaban J connectivity index is 1.69. The average molecular weight is 370 g/mol. The molecule has 2 aromatic carbocycles. The Morgan fingerprint density at radius 2 is 1.75 bits per heavy atom. The average Bonchev–Trinajstić information content (AvgIpc) is 3.16. The zero-order valence-electron chi connectivity index (χ0n) is 14.7. The van der Waals surface area contributed by atoms with Crippen LogP contribution < -0.4 is 5.32 Å². The van der Waals surface area contributed by atoms with Gasteiger partial charge < -0.3 is 5.32 Å². The van der Waals surface area contributed by atoms with E-state index in [4.69, 9.17) is 4.98 Å². The number of nitrogens with zero attached hydrogens (tertiary/aromatic N) is 4. The first kappa shape index (κ1) is 16.3. The highest BCUT2D eigenvalue weighted by molar-refractivity contribution is 5.95. The Bertz CT molecular complexity index is 1300. The fourth-order valence-electron chi connectivity index (χ4n) is 3.20. The minimum atomic E-state index is -0.580. The molecule has 0 spiro atoms. The Morgan fingerprint density at radius 3 is 2.68 bits per heavy atom. The summed E-state index contributed by atoms with van der Waals surface area (Å²) in [6.45, 7) is -0.580. The van der Waals surface area contributed by atoms with Gasteiger partial charge in [-0.25, -0.2) is 14.4 Å². The van der Waals surface area contributed by atoms with Gasteiger partial charge in [0.1, 0.15) is 18.0 Å². The lowest BCUT2D eigenvalue weighted by Gasteiger charge is -2.11. The van der Waals surface area contributed by atoms with Crippen molar-refractivity contribution in [1.29, 1.82) is 0 Å². The van der Waals surface area contributed by atoms with Crippen LogP contribution in [0.1, 0.15) is 5.56 Å². The molecule has 0 fully saturated rings. The van der Waals surface area contributed by atoms with Gasteiger partial charge in [0.15, 0.2) is 11.6 Å². The van der Waals surface area contributed by atoms with Crippen LogP contribution in [0.25, 0.3) is 33.3 Å². The van der Waals surface area contributed by atoms with Gasteiger partial charge in [0, 0.05) is 17.1 Å². The highest BCUT2D eigenvalue weighted by atomic mass is 19.1. The van der Waals surface area contributed by atoms with Crippen LogP contribution in [-0.2, 0) is 6.67 Å². The van der Waals surface area contributed by atoms with E-state index < -0.39 is 6.67 Å². The van der Waals surface area contributed by atoms with E-state index in [1.54, 1.807) is 18.3 Å². The van der Waals surface area contributed by atoms with Crippen molar-refractivity contribution in [3.63, 3.8) is 0 Å². The van der Waals surface area contributed by atoms with E-state index in [0.29, 0.717) is 28.6 Å². The van der Waals surface area contributed by atoms with E-state index in [1.807, 2.05) is 48.5 Å². The van der Waals surface area contributed by atoms with Crippen molar-refractivity contribution in [3.8, 4) is 11.4 Å². The van der Waals surface area contributed by atoms with Crippen LogP contribution in [0.15, 0.2) is 66.9 Å². The highest BCUT2D eigenvalue weighted by Crippen LogP contribution is 2.30. The molecule has 7 heteroatoms. The van der Waals surface area contributed by atoms with Gasteiger partial charge in [0.05, 0.1) is 11.0 Å².